The lowest BCUT2D eigenvalue weighted by molar-refractivity contribution is -0.127. The van der Waals surface area contributed by atoms with E-state index in [1.54, 1.807) is 24.3 Å². The number of ether oxygens (including phenoxy) is 2. The van der Waals surface area contributed by atoms with Crippen LogP contribution in [0.1, 0.15) is 11.1 Å². The second-order valence-electron chi connectivity index (χ2n) is 9.08. The molecule has 0 aliphatic carbocycles. The van der Waals surface area contributed by atoms with Crippen LogP contribution < -0.4 is 15.4 Å². The van der Waals surface area contributed by atoms with Crippen molar-refractivity contribution in [3.63, 3.8) is 0 Å². The fourth-order valence-electron chi connectivity index (χ4n) is 4.24. The van der Waals surface area contributed by atoms with Crippen molar-refractivity contribution in [2.24, 2.45) is 0 Å². The van der Waals surface area contributed by atoms with Crippen molar-refractivity contribution < 1.29 is 19.1 Å². The molecule has 196 valence electrons. The first-order valence-electron chi connectivity index (χ1n) is 12.7. The highest BCUT2D eigenvalue weighted by molar-refractivity contribution is 5.98. The summed E-state index contributed by atoms with van der Waals surface area (Å²) in [7, 11) is 0. The number of carbonyl (C=O) groups is 2. The maximum atomic E-state index is 13.2. The molecule has 5 rings (SSSR count). The predicted molar refractivity (Wildman–Crippen MR) is 152 cm³/mol. The van der Waals surface area contributed by atoms with Gasteiger partial charge in [-0.2, -0.15) is 0 Å². The summed E-state index contributed by atoms with van der Waals surface area (Å²) in [6.45, 7) is 0.352. The molecular formula is C32H29N3O4. The van der Waals surface area contributed by atoms with Crippen LogP contribution in [0.25, 0.3) is 10.9 Å². The zero-order chi connectivity index (χ0) is 26.9. The highest BCUT2D eigenvalue weighted by Gasteiger charge is 2.22. The van der Waals surface area contributed by atoms with E-state index in [0.29, 0.717) is 18.0 Å². The summed E-state index contributed by atoms with van der Waals surface area (Å²) >= 11 is 0. The van der Waals surface area contributed by atoms with Gasteiger partial charge in [0.1, 0.15) is 17.5 Å². The Morgan fingerprint density at radius 3 is 2.26 bits per heavy atom. The first-order valence-corrected chi connectivity index (χ1v) is 12.7. The van der Waals surface area contributed by atoms with Crippen LogP contribution in [0.15, 0.2) is 115 Å². The Morgan fingerprint density at radius 2 is 1.49 bits per heavy atom. The molecule has 1 heterocycles. The third kappa shape index (κ3) is 7.12. The summed E-state index contributed by atoms with van der Waals surface area (Å²) in [5, 5.41) is 6.72. The molecule has 0 radical (unpaired) electrons. The van der Waals surface area contributed by atoms with Gasteiger partial charge in [0, 0.05) is 22.8 Å². The molecule has 0 fully saturated rings. The van der Waals surface area contributed by atoms with Gasteiger partial charge in [-0.25, -0.2) is 0 Å². The van der Waals surface area contributed by atoms with Crippen molar-refractivity contribution in [3.05, 3.63) is 127 Å². The van der Waals surface area contributed by atoms with E-state index in [0.717, 1.165) is 27.8 Å². The van der Waals surface area contributed by atoms with Gasteiger partial charge in [0.05, 0.1) is 19.6 Å². The SMILES string of the molecule is O=C(Cc1cccc2[nH]ccc12)NC(COCc1ccccc1)C(=O)Nc1ccc(Oc2ccccc2)cc1. The van der Waals surface area contributed by atoms with Gasteiger partial charge in [0.25, 0.3) is 0 Å². The summed E-state index contributed by atoms with van der Waals surface area (Å²) in [4.78, 5) is 29.4. The van der Waals surface area contributed by atoms with Crippen LogP contribution in [-0.2, 0) is 27.4 Å². The van der Waals surface area contributed by atoms with Crippen LogP contribution in [-0.4, -0.2) is 29.4 Å². The molecule has 7 nitrogen and oxygen atoms in total. The lowest BCUT2D eigenvalue weighted by atomic mass is 10.1. The first kappa shape index (κ1) is 25.8. The number of rotatable bonds is 11. The Labute approximate surface area is 226 Å². The topological polar surface area (TPSA) is 92.5 Å². The summed E-state index contributed by atoms with van der Waals surface area (Å²) in [6.07, 6.45) is 1.99. The van der Waals surface area contributed by atoms with Crippen LogP contribution in [0.3, 0.4) is 0 Å². The van der Waals surface area contributed by atoms with Gasteiger partial charge in [-0.05, 0) is 59.7 Å². The molecule has 0 saturated heterocycles. The molecule has 1 unspecified atom stereocenters. The highest BCUT2D eigenvalue weighted by Crippen LogP contribution is 2.23. The van der Waals surface area contributed by atoms with Gasteiger partial charge in [0.2, 0.25) is 11.8 Å². The van der Waals surface area contributed by atoms with E-state index in [4.69, 9.17) is 9.47 Å². The van der Waals surface area contributed by atoms with E-state index in [1.807, 2.05) is 91.1 Å². The fourth-order valence-corrected chi connectivity index (χ4v) is 4.24. The van der Waals surface area contributed by atoms with Crippen LogP contribution >= 0.6 is 0 Å². The second kappa shape index (κ2) is 12.6. The van der Waals surface area contributed by atoms with E-state index in [2.05, 4.69) is 15.6 Å². The average Bonchev–Trinajstić information content (AvgIpc) is 3.45. The van der Waals surface area contributed by atoms with Gasteiger partial charge >= 0.3 is 0 Å². The minimum atomic E-state index is -0.883. The third-order valence-corrected chi connectivity index (χ3v) is 6.18. The summed E-state index contributed by atoms with van der Waals surface area (Å²) in [5.74, 6) is 0.740. The molecule has 39 heavy (non-hydrogen) atoms. The van der Waals surface area contributed by atoms with Gasteiger partial charge in [-0.3, -0.25) is 9.59 Å². The summed E-state index contributed by atoms with van der Waals surface area (Å²) < 4.78 is 11.7. The number of H-pyrrole nitrogens is 1. The number of hydrogen-bond acceptors (Lipinski definition) is 4. The minimum Gasteiger partial charge on any atom is -0.457 e. The van der Waals surface area contributed by atoms with E-state index < -0.39 is 6.04 Å². The van der Waals surface area contributed by atoms with E-state index in [1.165, 1.54) is 0 Å². The van der Waals surface area contributed by atoms with E-state index in [-0.39, 0.29) is 24.8 Å². The number of fused-ring (bicyclic) bond motifs is 1. The number of aromatic nitrogens is 1. The minimum absolute atomic E-state index is 0.0238. The maximum Gasteiger partial charge on any atom is 0.249 e. The number of amides is 2. The number of hydrogen-bond donors (Lipinski definition) is 3. The highest BCUT2D eigenvalue weighted by atomic mass is 16.5. The Kier molecular flexibility index (Phi) is 8.31. The maximum absolute atomic E-state index is 13.2. The summed E-state index contributed by atoms with van der Waals surface area (Å²) in [5.41, 5.74) is 3.40. The molecule has 3 N–H and O–H groups in total. The fraction of sp³-hybridized carbons (Fsp3) is 0.125. The normalized spacial score (nSPS) is 11.6. The van der Waals surface area contributed by atoms with Crippen LogP contribution in [0.2, 0.25) is 0 Å². The van der Waals surface area contributed by atoms with Gasteiger partial charge in [0.15, 0.2) is 0 Å². The standard InChI is InChI=1S/C32H29N3O4/c36-31(20-24-10-7-13-29-28(24)18-19-33-29)35-30(22-38-21-23-8-3-1-4-9-23)32(37)34-25-14-16-27(17-15-25)39-26-11-5-2-6-12-26/h1-19,30,33H,20-22H2,(H,34,37)(H,35,36). The Hall–Kier alpha value is -4.88. The molecule has 1 aromatic heterocycles. The van der Waals surface area contributed by atoms with Crippen molar-refractivity contribution in [3.8, 4) is 11.5 Å². The van der Waals surface area contributed by atoms with Crippen LogP contribution in [0.4, 0.5) is 5.69 Å². The molecule has 0 spiro atoms. The van der Waals surface area contributed by atoms with Crippen molar-refractivity contribution in [2.75, 3.05) is 11.9 Å². The number of carbonyl (C=O) groups excluding carboxylic acids is 2. The van der Waals surface area contributed by atoms with Gasteiger partial charge in [-0.15, -0.1) is 0 Å². The first-order chi connectivity index (χ1) is 19.1. The Morgan fingerprint density at radius 1 is 0.769 bits per heavy atom. The van der Waals surface area contributed by atoms with Crippen LogP contribution in [0, 0.1) is 0 Å². The quantitative estimate of drug-likeness (QED) is 0.204. The second-order valence-corrected chi connectivity index (χ2v) is 9.08. The van der Waals surface area contributed by atoms with Gasteiger partial charge in [-0.1, -0.05) is 60.7 Å². The largest absolute Gasteiger partial charge is 0.457 e. The zero-order valence-corrected chi connectivity index (χ0v) is 21.3. The van der Waals surface area contributed by atoms with Crippen molar-refractivity contribution in [1.82, 2.24) is 10.3 Å². The third-order valence-electron chi connectivity index (χ3n) is 6.18. The Bertz CT molecular complexity index is 1520. The number of anilines is 1. The van der Waals surface area contributed by atoms with Crippen molar-refractivity contribution >= 4 is 28.4 Å². The zero-order valence-electron chi connectivity index (χ0n) is 21.3. The molecule has 1 atom stereocenters. The number of nitrogens with one attached hydrogen (secondary N) is 3. The van der Waals surface area contributed by atoms with E-state index in [9.17, 15) is 9.59 Å². The molecule has 0 aliphatic heterocycles. The molecule has 7 heteroatoms. The number of para-hydroxylation sites is 1. The Balaban J connectivity index is 1.24. The molecule has 0 aliphatic rings. The van der Waals surface area contributed by atoms with E-state index >= 15 is 0 Å². The predicted octanol–water partition coefficient (Wildman–Crippen LogP) is 5.84. The monoisotopic (exact) mass is 519 g/mol. The molecule has 0 saturated carbocycles. The van der Waals surface area contributed by atoms with Gasteiger partial charge < -0.3 is 25.1 Å². The lowest BCUT2D eigenvalue weighted by Crippen LogP contribution is -2.47. The van der Waals surface area contributed by atoms with Crippen molar-refractivity contribution in [1.29, 1.82) is 0 Å². The molecule has 2 amide bonds. The van der Waals surface area contributed by atoms with Crippen LogP contribution in [0.5, 0.6) is 11.5 Å². The average molecular weight is 520 g/mol. The van der Waals surface area contributed by atoms with Crippen molar-refractivity contribution in [2.45, 2.75) is 19.1 Å². The molecular weight excluding hydrogens is 490 g/mol. The molecule has 0 bridgehead atoms. The molecule has 5 aromatic rings. The lowest BCUT2D eigenvalue weighted by Gasteiger charge is -2.19. The summed E-state index contributed by atoms with van der Waals surface area (Å²) in [6, 6.07) is 33.0. The smallest absolute Gasteiger partial charge is 0.249 e. The molecule has 4 aromatic carbocycles. The number of aromatic amines is 1. The number of benzene rings is 4.